The van der Waals surface area contributed by atoms with Gasteiger partial charge >= 0.3 is 0 Å². The number of halogens is 1. The fourth-order valence-corrected chi connectivity index (χ4v) is 4.59. The lowest BCUT2D eigenvalue weighted by Gasteiger charge is -2.28. The van der Waals surface area contributed by atoms with E-state index < -0.39 is 10.0 Å². The molecule has 1 aliphatic rings. The lowest BCUT2D eigenvalue weighted by atomic mass is 10.1. The van der Waals surface area contributed by atoms with Crippen LogP contribution in [0.3, 0.4) is 0 Å². The van der Waals surface area contributed by atoms with Crippen LogP contribution in [0, 0.1) is 0 Å². The molecule has 1 saturated heterocycles. The predicted molar refractivity (Wildman–Crippen MR) is 103 cm³/mol. The van der Waals surface area contributed by atoms with Gasteiger partial charge in [-0.2, -0.15) is 0 Å². The van der Waals surface area contributed by atoms with Crippen LogP contribution in [0.5, 0.6) is 0 Å². The number of hydrogen-bond acceptors (Lipinski definition) is 3. The number of piperidine rings is 1. The molecule has 6 heteroatoms. The van der Waals surface area contributed by atoms with Crippen LogP contribution >= 0.6 is 15.9 Å². The Balaban J connectivity index is 1.66. The second-order valence-electron chi connectivity index (χ2n) is 6.09. The predicted octanol–water partition coefficient (Wildman–Crippen LogP) is 4.38. The Labute approximate surface area is 152 Å². The summed E-state index contributed by atoms with van der Waals surface area (Å²) in [7, 11) is -3.43. The second-order valence-corrected chi connectivity index (χ2v) is 8.72. The highest BCUT2D eigenvalue weighted by Gasteiger charge is 2.14. The zero-order valence-corrected chi connectivity index (χ0v) is 15.8. The molecular formula is C18H21BrN2O2S. The van der Waals surface area contributed by atoms with Gasteiger partial charge in [-0.3, -0.25) is 4.72 Å². The van der Waals surface area contributed by atoms with Crippen LogP contribution < -0.4 is 9.62 Å². The Bertz CT molecular complexity index is 785. The van der Waals surface area contributed by atoms with E-state index in [2.05, 4.69) is 25.6 Å². The third-order valence-electron chi connectivity index (χ3n) is 4.11. The molecule has 0 aromatic heterocycles. The van der Waals surface area contributed by atoms with Crippen molar-refractivity contribution in [2.75, 3.05) is 22.7 Å². The van der Waals surface area contributed by atoms with Gasteiger partial charge in [0.1, 0.15) is 0 Å². The van der Waals surface area contributed by atoms with Crippen molar-refractivity contribution in [2.45, 2.75) is 25.0 Å². The van der Waals surface area contributed by atoms with Gasteiger partial charge in [0.15, 0.2) is 0 Å². The maximum Gasteiger partial charge on any atom is 0.236 e. The molecule has 1 heterocycles. The van der Waals surface area contributed by atoms with E-state index in [9.17, 15) is 8.42 Å². The molecule has 2 aromatic carbocycles. The van der Waals surface area contributed by atoms with Crippen molar-refractivity contribution in [1.82, 2.24) is 0 Å². The number of anilines is 2. The smallest absolute Gasteiger partial charge is 0.236 e. The number of nitrogens with one attached hydrogen (secondary N) is 1. The van der Waals surface area contributed by atoms with Crippen LogP contribution in [0.15, 0.2) is 53.0 Å². The van der Waals surface area contributed by atoms with Gasteiger partial charge in [0.05, 0.1) is 5.75 Å². The third-order valence-corrected chi connectivity index (χ3v) is 5.86. The van der Waals surface area contributed by atoms with E-state index in [4.69, 9.17) is 0 Å². The van der Waals surface area contributed by atoms with Crippen molar-refractivity contribution in [3.05, 3.63) is 58.6 Å². The number of hydrogen-bond donors (Lipinski definition) is 1. The summed E-state index contributed by atoms with van der Waals surface area (Å²) < 4.78 is 28.2. The first-order valence-electron chi connectivity index (χ1n) is 8.12. The third kappa shape index (κ3) is 4.74. The van der Waals surface area contributed by atoms with Crippen molar-refractivity contribution >= 4 is 37.3 Å². The number of benzene rings is 2. The molecular weight excluding hydrogens is 388 g/mol. The maximum atomic E-state index is 12.3. The molecule has 1 fully saturated rings. The van der Waals surface area contributed by atoms with E-state index in [1.165, 1.54) is 19.3 Å². The van der Waals surface area contributed by atoms with E-state index in [1.807, 2.05) is 48.5 Å². The minimum Gasteiger partial charge on any atom is -0.372 e. The summed E-state index contributed by atoms with van der Waals surface area (Å²) in [5, 5.41) is 0. The van der Waals surface area contributed by atoms with E-state index in [0.29, 0.717) is 5.69 Å². The topological polar surface area (TPSA) is 49.4 Å². The van der Waals surface area contributed by atoms with Crippen molar-refractivity contribution in [2.24, 2.45) is 0 Å². The molecule has 1 N–H and O–H groups in total. The first-order valence-corrected chi connectivity index (χ1v) is 10.6. The van der Waals surface area contributed by atoms with Crippen LogP contribution in [0.25, 0.3) is 0 Å². The lowest BCUT2D eigenvalue weighted by Crippen LogP contribution is -2.29. The van der Waals surface area contributed by atoms with Gasteiger partial charge < -0.3 is 4.90 Å². The van der Waals surface area contributed by atoms with Crippen LogP contribution in [0.1, 0.15) is 24.8 Å². The highest BCUT2D eigenvalue weighted by molar-refractivity contribution is 9.10. The van der Waals surface area contributed by atoms with E-state index in [0.717, 1.165) is 28.8 Å². The largest absolute Gasteiger partial charge is 0.372 e. The average molecular weight is 409 g/mol. The van der Waals surface area contributed by atoms with Gasteiger partial charge in [-0.1, -0.05) is 28.1 Å². The Morgan fingerprint density at radius 3 is 2.38 bits per heavy atom. The SMILES string of the molecule is O=S(=O)(Cc1cccc(Br)c1)Nc1ccc(N2CCCCC2)cc1. The molecule has 1 aliphatic heterocycles. The molecule has 0 atom stereocenters. The van der Waals surface area contributed by atoms with E-state index >= 15 is 0 Å². The Kier molecular flexibility index (Phi) is 5.46. The molecule has 0 spiro atoms. The molecule has 0 saturated carbocycles. The zero-order chi connectivity index (χ0) is 17.0. The van der Waals surface area contributed by atoms with Crippen molar-refractivity contribution in [1.29, 1.82) is 0 Å². The summed E-state index contributed by atoms with van der Waals surface area (Å²) in [5.41, 5.74) is 2.51. The summed E-state index contributed by atoms with van der Waals surface area (Å²) >= 11 is 3.36. The Morgan fingerprint density at radius 1 is 1.00 bits per heavy atom. The summed E-state index contributed by atoms with van der Waals surface area (Å²) in [6.45, 7) is 2.15. The summed E-state index contributed by atoms with van der Waals surface area (Å²) in [5.74, 6) is -0.0414. The molecule has 4 nitrogen and oxygen atoms in total. The summed E-state index contributed by atoms with van der Waals surface area (Å²) in [6, 6.07) is 15.0. The first kappa shape index (κ1) is 17.3. The van der Waals surface area contributed by atoms with Crippen molar-refractivity contribution < 1.29 is 8.42 Å². The zero-order valence-electron chi connectivity index (χ0n) is 13.4. The minimum absolute atomic E-state index is 0.0414. The fourth-order valence-electron chi connectivity index (χ4n) is 2.95. The van der Waals surface area contributed by atoms with Gasteiger partial charge in [0.25, 0.3) is 0 Å². The normalized spacial score (nSPS) is 15.3. The molecule has 0 aliphatic carbocycles. The Hall–Kier alpha value is -1.53. The second kappa shape index (κ2) is 7.57. The highest BCUT2D eigenvalue weighted by atomic mass is 79.9. The van der Waals surface area contributed by atoms with Crippen LogP contribution in [-0.2, 0) is 15.8 Å². The van der Waals surface area contributed by atoms with Crippen molar-refractivity contribution in [3.8, 4) is 0 Å². The lowest BCUT2D eigenvalue weighted by molar-refractivity contribution is 0.578. The standard InChI is InChI=1S/C18H21BrN2O2S/c19-16-6-4-5-15(13-16)14-24(22,23)20-17-7-9-18(10-8-17)21-11-2-1-3-12-21/h4-10,13,20H,1-3,11-12,14H2. The van der Waals surface area contributed by atoms with Gasteiger partial charge in [-0.15, -0.1) is 0 Å². The molecule has 0 radical (unpaired) electrons. The molecule has 2 aromatic rings. The summed E-state index contributed by atoms with van der Waals surface area (Å²) in [6.07, 6.45) is 3.74. The van der Waals surface area contributed by atoms with Crippen LogP contribution in [-0.4, -0.2) is 21.5 Å². The van der Waals surface area contributed by atoms with E-state index in [1.54, 1.807) is 0 Å². The molecule has 0 bridgehead atoms. The quantitative estimate of drug-likeness (QED) is 0.798. The highest BCUT2D eigenvalue weighted by Crippen LogP contribution is 2.23. The van der Waals surface area contributed by atoms with Crippen molar-refractivity contribution in [3.63, 3.8) is 0 Å². The Morgan fingerprint density at radius 2 is 1.71 bits per heavy atom. The van der Waals surface area contributed by atoms with Gasteiger partial charge in [-0.05, 0) is 61.2 Å². The monoisotopic (exact) mass is 408 g/mol. The molecule has 24 heavy (non-hydrogen) atoms. The summed E-state index contributed by atoms with van der Waals surface area (Å²) in [4.78, 5) is 2.35. The van der Waals surface area contributed by atoms with Gasteiger partial charge in [0.2, 0.25) is 10.0 Å². The maximum absolute atomic E-state index is 12.3. The first-order chi connectivity index (χ1) is 11.5. The van der Waals surface area contributed by atoms with E-state index in [-0.39, 0.29) is 5.75 Å². The molecule has 0 unspecified atom stereocenters. The van der Waals surface area contributed by atoms with Gasteiger partial charge in [-0.25, -0.2) is 8.42 Å². The van der Waals surface area contributed by atoms with Gasteiger partial charge in [0, 0.05) is 28.9 Å². The number of rotatable bonds is 5. The molecule has 128 valence electrons. The number of sulfonamides is 1. The van der Waals surface area contributed by atoms with Crippen LogP contribution in [0.2, 0.25) is 0 Å². The minimum atomic E-state index is -3.43. The fraction of sp³-hybridized carbons (Fsp3) is 0.333. The molecule has 3 rings (SSSR count). The average Bonchev–Trinajstić information content (AvgIpc) is 2.55. The number of nitrogens with zero attached hydrogens (tertiary/aromatic N) is 1. The molecule has 0 amide bonds. The van der Waals surface area contributed by atoms with Crippen LogP contribution in [0.4, 0.5) is 11.4 Å².